The van der Waals surface area contributed by atoms with Crippen LogP contribution in [0.15, 0.2) is 24.3 Å². The first-order valence-corrected chi connectivity index (χ1v) is 7.30. The van der Waals surface area contributed by atoms with Crippen LogP contribution in [0.5, 0.6) is 0 Å². The molecule has 4 nitrogen and oxygen atoms in total. The molecule has 2 rings (SSSR count). The van der Waals surface area contributed by atoms with Crippen molar-refractivity contribution in [1.82, 2.24) is 9.97 Å². The van der Waals surface area contributed by atoms with E-state index in [9.17, 15) is 4.21 Å². The van der Waals surface area contributed by atoms with Gasteiger partial charge in [0, 0.05) is 28.9 Å². The highest BCUT2D eigenvalue weighted by Crippen LogP contribution is 2.13. The molecule has 2 N–H and O–H groups in total. The van der Waals surface area contributed by atoms with E-state index >= 15 is 0 Å². The lowest BCUT2D eigenvalue weighted by molar-refractivity contribution is 0.672. The van der Waals surface area contributed by atoms with E-state index < -0.39 is 10.8 Å². The van der Waals surface area contributed by atoms with Crippen molar-refractivity contribution in [3.05, 3.63) is 24.3 Å². The van der Waals surface area contributed by atoms with Gasteiger partial charge in [0.2, 0.25) is 5.95 Å². The zero-order valence-corrected chi connectivity index (χ0v) is 10.9. The molecule has 0 amide bonds. The van der Waals surface area contributed by atoms with Gasteiger partial charge in [-0.1, -0.05) is 19.1 Å². The maximum absolute atomic E-state index is 11.2. The lowest BCUT2D eigenvalue weighted by Gasteiger charge is -2.07. The van der Waals surface area contributed by atoms with Gasteiger partial charge in [-0.2, -0.15) is 0 Å². The van der Waals surface area contributed by atoms with E-state index in [2.05, 4.69) is 15.3 Å². The van der Waals surface area contributed by atoms with Crippen molar-refractivity contribution in [2.24, 2.45) is 0 Å². The first-order valence-electron chi connectivity index (χ1n) is 5.67. The summed E-state index contributed by atoms with van der Waals surface area (Å²) in [5.74, 6) is 0.778. The third-order valence-corrected chi connectivity index (χ3v) is 4.17. The van der Waals surface area contributed by atoms with Crippen molar-refractivity contribution in [2.45, 2.75) is 18.6 Å². The molecule has 5 heteroatoms. The molecule has 1 heterocycles. The highest BCUT2D eigenvalue weighted by Gasteiger charge is 2.06. The average molecular weight is 251 g/mol. The Morgan fingerprint density at radius 3 is 2.94 bits per heavy atom. The van der Waals surface area contributed by atoms with Crippen molar-refractivity contribution in [1.29, 1.82) is 0 Å². The number of aromatic amines is 1. The monoisotopic (exact) mass is 251 g/mol. The fraction of sp³-hybridized carbons (Fsp3) is 0.417. The molecule has 0 saturated heterocycles. The van der Waals surface area contributed by atoms with Crippen molar-refractivity contribution in [3.63, 3.8) is 0 Å². The van der Waals surface area contributed by atoms with Crippen LogP contribution >= 0.6 is 0 Å². The quantitative estimate of drug-likeness (QED) is 0.856. The summed E-state index contributed by atoms with van der Waals surface area (Å²) in [6.45, 7) is 2.77. The number of nitrogens with zero attached hydrogens (tertiary/aromatic N) is 1. The molecular formula is C12H17N3OS. The van der Waals surface area contributed by atoms with Crippen LogP contribution in [0.2, 0.25) is 0 Å². The van der Waals surface area contributed by atoms with Crippen LogP contribution in [0.1, 0.15) is 13.3 Å². The van der Waals surface area contributed by atoms with Gasteiger partial charge in [-0.05, 0) is 18.6 Å². The molecule has 0 aliphatic heterocycles. The Kier molecular flexibility index (Phi) is 3.78. The molecule has 0 aliphatic rings. The Labute approximate surface area is 103 Å². The van der Waals surface area contributed by atoms with Crippen molar-refractivity contribution in [3.8, 4) is 0 Å². The number of fused-ring (bicyclic) bond motifs is 1. The van der Waals surface area contributed by atoms with E-state index in [1.54, 1.807) is 6.26 Å². The molecule has 0 radical (unpaired) electrons. The van der Waals surface area contributed by atoms with Crippen LogP contribution in [0.3, 0.4) is 0 Å². The predicted octanol–water partition coefficient (Wildman–Crippen LogP) is 2.13. The maximum atomic E-state index is 11.2. The first-order chi connectivity index (χ1) is 8.16. The molecule has 2 unspecified atom stereocenters. The van der Waals surface area contributed by atoms with Gasteiger partial charge < -0.3 is 10.3 Å². The number of rotatable bonds is 5. The van der Waals surface area contributed by atoms with Gasteiger partial charge in [-0.25, -0.2) is 4.98 Å². The van der Waals surface area contributed by atoms with E-state index in [1.165, 1.54) is 0 Å². The Hall–Kier alpha value is -1.36. The Bertz CT molecular complexity index is 490. The molecule has 92 valence electrons. The van der Waals surface area contributed by atoms with Crippen LogP contribution in [-0.2, 0) is 10.8 Å². The third kappa shape index (κ3) is 3.06. The molecule has 0 spiro atoms. The molecule has 0 saturated carbocycles. The number of nitrogens with one attached hydrogen (secondary N) is 2. The van der Waals surface area contributed by atoms with Gasteiger partial charge in [-0.15, -0.1) is 0 Å². The first kappa shape index (κ1) is 12.1. The lowest BCUT2D eigenvalue weighted by atomic mass is 10.3. The Morgan fingerprint density at radius 1 is 1.47 bits per heavy atom. The SMILES string of the molecule is CC(CCNc1nc2ccccc2[nH]1)S(C)=O. The fourth-order valence-corrected chi connectivity index (χ4v) is 2.05. The predicted molar refractivity (Wildman–Crippen MR) is 72.7 cm³/mol. The lowest BCUT2D eigenvalue weighted by Crippen LogP contribution is -2.15. The van der Waals surface area contributed by atoms with Gasteiger partial charge in [0.25, 0.3) is 0 Å². The highest BCUT2D eigenvalue weighted by atomic mass is 32.2. The van der Waals surface area contributed by atoms with E-state index in [-0.39, 0.29) is 5.25 Å². The minimum Gasteiger partial charge on any atom is -0.356 e. The number of aromatic nitrogens is 2. The molecule has 1 aromatic heterocycles. The van der Waals surface area contributed by atoms with Crippen molar-refractivity contribution < 1.29 is 4.21 Å². The number of benzene rings is 1. The largest absolute Gasteiger partial charge is 0.356 e. The van der Waals surface area contributed by atoms with Gasteiger partial charge >= 0.3 is 0 Å². The Balaban J connectivity index is 1.93. The summed E-state index contributed by atoms with van der Waals surface area (Å²) in [5, 5.41) is 3.43. The van der Waals surface area contributed by atoms with E-state index in [0.717, 1.165) is 29.9 Å². The standard InChI is InChI=1S/C12H17N3OS/c1-9(17(2)16)7-8-13-12-14-10-5-3-4-6-11(10)15-12/h3-6,9H,7-8H2,1-2H3,(H2,13,14,15). The second-order valence-electron chi connectivity index (χ2n) is 4.13. The van der Waals surface area contributed by atoms with E-state index in [4.69, 9.17) is 0 Å². The van der Waals surface area contributed by atoms with Crippen molar-refractivity contribution >= 4 is 27.8 Å². The number of anilines is 1. The number of hydrogen-bond acceptors (Lipinski definition) is 3. The van der Waals surface area contributed by atoms with Crippen LogP contribution in [-0.4, -0.2) is 32.2 Å². The number of imidazole rings is 1. The zero-order chi connectivity index (χ0) is 12.3. The summed E-state index contributed by atoms with van der Waals surface area (Å²) in [6.07, 6.45) is 2.62. The summed E-state index contributed by atoms with van der Waals surface area (Å²) in [4.78, 5) is 7.61. The molecule has 2 aromatic rings. The van der Waals surface area contributed by atoms with Crippen LogP contribution in [0.25, 0.3) is 11.0 Å². The van der Waals surface area contributed by atoms with Gasteiger partial charge in [-0.3, -0.25) is 4.21 Å². The second-order valence-corrected chi connectivity index (χ2v) is 5.93. The van der Waals surface area contributed by atoms with E-state index in [1.807, 2.05) is 31.2 Å². The second kappa shape index (κ2) is 5.31. The summed E-state index contributed by atoms with van der Waals surface area (Å²) >= 11 is 0. The van der Waals surface area contributed by atoms with Gasteiger partial charge in [0.15, 0.2) is 0 Å². The number of hydrogen-bond donors (Lipinski definition) is 2. The molecule has 17 heavy (non-hydrogen) atoms. The third-order valence-electron chi connectivity index (χ3n) is 2.80. The Morgan fingerprint density at radius 2 is 2.24 bits per heavy atom. The maximum Gasteiger partial charge on any atom is 0.201 e. The summed E-state index contributed by atoms with van der Waals surface area (Å²) in [7, 11) is -0.754. The van der Waals surface area contributed by atoms with Gasteiger partial charge in [0.1, 0.15) is 0 Å². The van der Waals surface area contributed by atoms with Gasteiger partial charge in [0.05, 0.1) is 11.0 Å². The fourth-order valence-electron chi connectivity index (χ4n) is 1.60. The molecule has 1 aromatic carbocycles. The van der Waals surface area contributed by atoms with Crippen LogP contribution in [0, 0.1) is 0 Å². The molecule has 0 aliphatic carbocycles. The molecule has 0 bridgehead atoms. The van der Waals surface area contributed by atoms with E-state index in [0.29, 0.717) is 0 Å². The minimum absolute atomic E-state index is 0.215. The summed E-state index contributed by atoms with van der Waals surface area (Å²) < 4.78 is 11.2. The molecule has 2 atom stereocenters. The topological polar surface area (TPSA) is 57.8 Å². The smallest absolute Gasteiger partial charge is 0.201 e. The highest BCUT2D eigenvalue weighted by molar-refractivity contribution is 7.84. The zero-order valence-electron chi connectivity index (χ0n) is 10.1. The summed E-state index contributed by atoms with van der Waals surface area (Å²) in [6, 6.07) is 7.92. The normalized spacial score (nSPS) is 14.7. The number of H-pyrrole nitrogens is 1. The summed E-state index contributed by atoms with van der Waals surface area (Å²) in [5.41, 5.74) is 1.99. The van der Waals surface area contributed by atoms with Crippen LogP contribution < -0.4 is 5.32 Å². The molecular weight excluding hydrogens is 234 g/mol. The van der Waals surface area contributed by atoms with Crippen molar-refractivity contribution in [2.75, 3.05) is 18.1 Å². The number of para-hydroxylation sites is 2. The molecule has 0 fully saturated rings. The van der Waals surface area contributed by atoms with Crippen LogP contribution in [0.4, 0.5) is 5.95 Å². The average Bonchev–Trinajstić information content (AvgIpc) is 2.71. The minimum atomic E-state index is -0.754.